The first-order chi connectivity index (χ1) is 15.4. The fraction of sp³-hybridized carbons (Fsp3) is 0.0800. The maximum Gasteiger partial charge on any atom is 0.343 e. The zero-order valence-electron chi connectivity index (χ0n) is 17.1. The summed E-state index contributed by atoms with van der Waals surface area (Å²) >= 11 is 6.74. The van der Waals surface area contributed by atoms with Crippen molar-refractivity contribution >= 4 is 46.6 Å². The summed E-state index contributed by atoms with van der Waals surface area (Å²) in [4.78, 5) is 39.1. The first-order valence-corrected chi connectivity index (χ1v) is 11.0. The Morgan fingerprint density at radius 3 is 2.47 bits per heavy atom. The minimum atomic E-state index is -0.516. The lowest BCUT2D eigenvalue weighted by molar-refractivity contribution is -0.123. The van der Waals surface area contributed by atoms with Crippen LogP contribution in [0.5, 0.6) is 5.75 Å². The standard InChI is InChI=1S/C25H18ClNO4S/c1-16-5-7-17(8-6-16)15-27-23(28)22(32-25(27)30)14-18-3-2-4-21(13-18)31-24(29)19-9-11-20(26)12-10-19/h2-14H,15H2,1H3/b22-14-. The van der Waals surface area contributed by atoms with Crippen LogP contribution in [0.2, 0.25) is 5.02 Å². The van der Waals surface area contributed by atoms with Crippen LogP contribution >= 0.6 is 23.4 Å². The molecule has 7 heteroatoms. The van der Waals surface area contributed by atoms with Gasteiger partial charge in [-0.3, -0.25) is 14.5 Å². The Balaban J connectivity index is 1.48. The zero-order chi connectivity index (χ0) is 22.7. The van der Waals surface area contributed by atoms with E-state index in [2.05, 4.69) is 0 Å². The largest absolute Gasteiger partial charge is 0.423 e. The molecule has 1 saturated heterocycles. The predicted octanol–water partition coefficient (Wildman–Crippen LogP) is 6.10. The normalized spacial score (nSPS) is 14.8. The van der Waals surface area contributed by atoms with Crippen molar-refractivity contribution in [2.75, 3.05) is 0 Å². The number of carbonyl (C=O) groups is 3. The number of hydrogen-bond donors (Lipinski definition) is 0. The number of benzene rings is 3. The summed E-state index contributed by atoms with van der Waals surface area (Å²) in [5, 5.41) is 0.215. The second-order valence-electron chi connectivity index (χ2n) is 7.22. The molecule has 160 valence electrons. The van der Waals surface area contributed by atoms with Gasteiger partial charge in [-0.2, -0.15) is 0 Å². The molecule has 0 aromatic heterocycles. The minimum absolute atomic E-state index is 0.223. The molecule has 1 aliphatic heterocycles. The van der Waals surface area contributed by atoms with E-state index in [1.165, 1.54) is 4.90 Å². The molecule has 0 saturated carbocycles. The van der Waals surface area contributed by atoms with Crippen LogP contribution in [0, 0.1) is 6.92 Å². The number of amides is 2. The maximum absolute atomic E-state index is 12.8. The zero-order valence-corrected chi connectivity index (χ0v) is 18.7. The van der Waals surface area contributed by atoms with Crippen molar-refractivity contribution in [1.82, 2.24) is 4.90 Å². The molecular formula is C25H18ClNO4S. The Bertz CT molecular complexity index is 1220. The highest BCUT2D eigenvalue weighted by Gasteiger charge is 2.34. The van der Waals surface area contributed by atoms with Crippen molar-refractivity contribution in [3.05, 3.63) is 105 Å². The third-order valence-corrected chi connectivity index (χ3v) is 5.94. The highest BCUT2D eigenvalue weighted by atomic mass is 35.5. The Hall–Kier alpha value is -3.35. The number of ether oxygens (including phenoxy) is 1. The molecule has 2 amide bonds. The van der Waals surface area contributed by atoms with Gasteiger partial charge < -0.3 is 4.74 Å². The Morgan fingerprint density at radius 2 is 1.75 bits per heavy atom. The van der Waals surface area contributed by atoms with Crippen LogP contribution in [0.4, 0.5) is 4.79 Å². The van der Waals surface area contributed by atoms with Crippen LogP contribution < -0.4 is 4.74 Å². The molecule has 3 aromatic rings. The van der Waals surface area contributed by atoms with Gasteiger partial charge >= 0.3 is 5.97 Å². The third-order valence-electron chi connectivity index (χ3n) is 4.78. The molecule has 5 nitrogen and oxygen atoms in total. The van der Waals surface area contributed by atoms with Crippen molar-refractivity contribution in [3.63, 3.8) is 0 Å². The average molecular weight is 464 g/mol. The van der Waals surface area contributed by atoms with Gasteiger partial charge in [0.25, 0.3) is 11.1 Å². The number of aryl methyl sites for hydroxylation is 1. The highest BCUT2D eigenvalue weighted by molar-refractivity contribution is 8.18. The van der Waals surface area contributed by atoms with Gasteiger partial charge in [0.1, 0.15) is 5.75 Å². The molecule has 0 unspecified atom stereocenters. The molecule has 0 radical (unpaired) electrons. The third kappa shape index (κ3) is 5.10. The minimum Gasteiger partial charge on any atom is -0.423 e. The Morgan fingerprint density at radius 1 is 1.03 bits per heavy atom. The number of carbonyl (C=O) groups excluding carboxylic acids is 3. The summed E-state index contributed by atoms with van der Waals surface area (Å²) in [5.74, 6) is -0.529. The summed E-state index contributed by atoms with van der Waals surface area (Å²) in [6, 6.07) is 20.9. The van der Waals surface area contributed by atoms with Gasteiger partial charge in [-0.1, -0.05) is 53.6 Å². The number of hydrogen-bond acceptors (Lipinski definition) is 5. The molecule has 0 bridgehead atoms. The summed E-state index contributed by atoms with van der Waals surface area (Å²) in [6.45, 7) is 2.20. The van der Waals surface area contributed by atoms with Gasteiger partial charge in [0.15, 0.2) is 0 Å². The molecule has 32 heavy (non-hydrogen) atoms. The van der Waals surface area contributed by atoms with E-state index in [9.17, 15) is 14.4 Å². The van der Waals surface area contributed by atoms with E-state index in [0.29, 0.717) is 26.8 Å². The topological polar surface area (TPSA) is 63.7 Å². The molecular weight excluding hydrogens is 446 g/mol. The van der Waals surface area contributed by atoms with Gasteiger partial charge in [-0.25, -0.2) is 4.79 Å². The number of imide groups is 1. The lowest BCUT2D eigenvalue weighted by Gasteiger charge is -2.12. The molecule has 1 heterocycles. The fourth-order valence-corrected chi connectivity index (χ4v) is 4.05. The summed E-state index contributed by atoms with van der Waals surface area (Å²) in [5.41, 5.74) is 3.01. The number of esters is 1. The molecule has 1 aliphatic rings. The van der Waals surface area contributed by atoms with Crippen molar-refractivity contribution in [2.45, 2.75) is 13.5 Å². The van der Waals surface area contributed by atoms with Gasteiger partial charge in [-0.05, 0) is 72.3 Å². The van der Waals surface area contributed by atoms with Gasteiger partial charge in [0, 0.05) is 5.02 Å². The Kier molecular flexibility index (Phi) is 6.44. The van der Waals surface area contributed by atoms with E-state index in [-0.39, 0.29) is 17.7 Å². The molecule has 0 atom stereocenters. The summed E-state index contributed by atoms with van der Waals surface area (Å²) in [6.07, 6.45) is 1.62. The van der Waals surface area contributed by atoms with Crippen LogP contribution in [0.15, 0.2) is 77.7 Å². The second kappa shape index (κ2) is 9.42. The van der Waals surface area contributed by atoms with E-state index < -0.39 is 5.97 Å². The van der Waals surface area contributed by atoms with Crippen LogP contribution in [0.25, 0.3) is 6.08 Å². The quantitative estimate of drug-likeness (QED) is 0.260. The van der Waals surface area contributed by atoms with Gasteiger partial charge in [0.2, 0.25) is 0 Å². The van der Waals surface area contributed by atoms with E-state index >= 15 is 0 Å². The fourth-order valence-electron chi connectivity index (χ4n) is 3.08. The second-order valence-corrected chi connectivity index (χ2v) is 8.65. The number of nitrogens with zero attached hydrogens (tertiary/aromatic N) is 1. The highest BCUT2D eigenvalue weighted by Crippen LogP contribution is 2.33. The maximum atomic E-state index is 12.8. The van der Waals surface area contributed by atoms with Crippen LogP contribution in [-0.4, -0.2) is 22.0 Å². The van der Waals surface area contributed by atoms with Crippen LogP contribution in [0.3, 0.4) is 0 Å². The smallest absolute Gasteiger partial charge is 0.343 e. The van der Waals surface area contributed by atoms with Crippen molar-refractivity contribution in [1.29, 1.82) is 0 Å². The predicted molar refractivity (Wildman–Crippen MR) is 126 cm³/mol. The molecule has 0 spiro atoms. The first kappa shape index (κ1) is 21.9. The van der Waals surface area contributed by atoms with Crippen LogP contribution in [-0.2, 0) is 11.3 Å². The van der Waals surface area contributed by atoms with Crippen molar-refractivity contribution < 1.29 is 19.1 Å². The van der Waals surface area contributed by atoms with E-state index in [0.717, 1.165) is 22.9 Å². The number of rotatable bonds is 5. The van der Waals surface area contributed by atoms with Crippen molar-refractivity contribution in [3.8, 4) is 5.75 Å². The SMILES string of the molecule is Cc1ccc(CN2C(=O)S/C(=C\c3cccc(OC(=O)c4ccc(Cl)cc4)c3)C2=O)cc1. The Labute approximate surface area is 194 Å². The molecule has 0 aliphatic carbocycles. The van der Waals surface area contributed by atoms with E-state index in [1.807, 2.05) is 31.2 Å². The average Bonchev–Trinajstić information content (AvgIpc) is 3.03. The lowest BCUT2D eigenvalue weighted by atomic mass is 10.1. The van der Waals surface area contributed by atoms with Gasteiger partial charge in [0.05, 0.1) is 17.0 Å². The lowest BCUT2D eigenvalue weighted by Crippen LogP contribution is -2.27. The summed E-state index contributed by atoms with van der Waals surface area (Å²) in [7, 11) is 0. The van der Waals surface area contributed by atoms with Crippen LogP contribution in [0.1, 0.15) is 27.0 Å². The number of halogens is 1. The monoisotopic (exact) mass is 463 g/mol. The molecule has 3 aromatic carbocycles. The first-order valence-electron chi connectivity index (χ1n) is 9.78. The van der Waals surface area contributed by atoms with E-state index in [1.54, 1.807) is 54.6 Å². The van der Waals surface area contributed by atoms with E-state index in [4.69, 9.17) is 16.3 Å². The molecule has 1 fully saturated rings. The number of thioether (sulfide) groups is 1. The van der Waals surface area contributed by atoms with Gasteiger partial charge in [-0.15, -0.1) is 0 Å². The van der Waals surface area contributed by atoms with Crippen molar-refractivity contribution in [2.24, 2.45) is 0 Å². The molecule has 0 N–H and O–H groups in total. The summed E-state index contributed by atoms with van der Waals surface area (Å²) < 4.78 is 5.42. The molecule has 4 rings (SSSR count).